The number of hydrogen-bond donors (Lipinski definition) is 1. The number of nitrogens with two attached hydrogens (primary N) is 1. The first-order valence-electron chi connectivity index (χ1n) is 5.89. The van der Waals surface area contributed by atoms with E-state index in [2.05, 4.69) is 4.90 Å². The van der Waals surface area contributed by atoms with Crippen molar-refractivity contribution in [3.8, 4) is 0 Å². The molecular formula is C13H19FN2. The number of anilines is 1. The van der Waals surface area contributed by atoms with Crippen molar-refractivity contribution < 1.29 is 4.39 Å². The summed E-state index contributed by atoms with van der Waals surface area (Å²) in [5.41, 5.74) is 7.09. The predicted octanol–water partition coefficient (Wildman–Crippen LogP) is 2.39. The standard InChI is InChI=1S/C13H19FN2/c1-16(9-8-13(15)10-2-3-10)12-6-4-11(14)5-7-12/h4-7,10,13H,2-3,8-9,15H2,1H3. The van der Waals surface area contributed by atoms with Gasteiger partial charge in [-0.15, -0.1) is 0 Å². The van der Waals surface area contributed by atoms with Gasteiger partial charge in [0.05, 0.1) is 0 Å². The molecule has 0 bridgehead atoms. The molecule has 1 aromatic carbocycles. The van der Waals surface area contributed by atoms with E-state index in [1.165, 1.54) is 25.0 Å². The van der Waals surface area contributed by atoms with E-state index < -0.39 is 0 Å². The zero-order chi connectivity index (χ0) is 11.5. The van der Waals surface area contributed by atoms with E-state index in [0.29, 0.717) is 6.04 Å². The van der Waals surface area contributed by atoms with Gasteiger partial charge in [0.15, 0.2) is 0 Å². The number of nitrogens with zero attached hydrogens (tertiary/aromatic N) is 1. The van der Waals surface area contributed by atoms with Crippen molar-refractivity contribution in [2.75, 3.05) is 18.5 Å². The summed E-state index contributed by atoms with van der Waals surface area (Å²) < 4.78 is 12.7. The van der Waals surface area contributed by atoms with Crippen LogP contribution in [0.5, 0.6) is 0 Å². The summed E-state index contributed by atoms with van der Waals surface area (Å²) in [6.07, 6.45) is 3.60. The monoisotopic (exact) mass is 222 g/mol. The van der Waals surface area contributed by atoms with E-state index in [9.17, 15) is 4.39 Å². The molecule has 0 heterocycles. The van der Waals surface area contributed by atoms with Gasteiger partial charge < -0.3 is 10.6 Å². The smallest absolute Gasteiger partial charge is 0.123 e. The fraction of sp³-hybridized carbons (Fsp3) is 0.538. The minimum absolute atomic E-state index is 0.188. The molecule has 2 rings (SSSR count). The third-order valence-corrected chi connectivity index (χ3v) is 3.29. The lowest BCUT2D eigenvalue weighted by atomic mass is 10.1. The van der Waals surface area contributed by atoms with Crippen molar-refractivity contribution >= 4 is 5.69 Å². The Labute approximate surface area is 96.2 Å². The first kappa shape index (κ1) is 11.4. The summed E-state index contributed by atoms with van der Waals surface area (Å²) >= 11 is 0. The first-order valence-corrected chi connectivity index (χ1v) is 5.89. The maximum absolute atomic E-state index is 12.7. The van der Waals surface area contributed by atoms with Crippen LogP contribution in [0, 0.1) is 11.7 Å². The normalized spacial score (nSPS) is 17.2. The lowest BCUT2D eigenvalue weighted by Crippen LogP contribution is -2.29. The van der Waals surface area contributed by atoms with Crippen molar-refractivity contribution in [3.63, 3.8) is 0 Å². The van der Waals surface area contributed by atoms with Gasteiger partial charge in [-0.3, -0.25) is 0 Å². The molecule has 1 fully saturated rings. The maximum Gasteiger partial charge on any atom is 0.123 e. The highest BCUT2D eigenvalue weighted by Gasteiger charge is 2.28. The Kier molecular flexibility index (Phi) is 3.44. The zero-order valence-corrected chi connectivity index (χ0v) is 9.70. The van der Waals surface area contributed by atoms with Crippen molar-refractivity contribution in [2.45, 2.75) is 25.3 Å². The maximum atomic E-state index is 12.7. The van der Waals surface area contributed by atoms with E-state index in [0.717, 1.165) is 24.6 Å². The highest BCUT2D eigenvalue weighted by atomic mass is 19.1. The van der Waals surface area contributed by atoms with Crippen molar-refractivity contribution in [3.05, 3.63) is 30.1 Å². The quantitative estimate of drug-likeness (QED) is 0.829. The van der Waals surface area contributed by atoms with Crippen LogP contribution in [-0.2, 0) is 0 Å². The Balaban J connectivity index is 1.82. The Morgan fingerprint density at radius 1 is 1.38 bits per heavy atom. The first-order chi connectivity index (χ1) is 7.66. The lowest BCUT2D eigenvalue weighted by molar-refractivity contribution is 0.550. The number of hydrogen-bond acceptors (Lipinski definition) is 2. The van der Waals surface area contributed by atoms with Crippen molar-refractivity contribution in [2.24, 2.45) is 11.7 Å². The van der Waals surface area contributed by atoms with Gasteiger partial charge in [-0.05, 0) is 49.4 Å². The van der Waals surface area contributed by atoms with E-state index >= 15 is 0 Å². The molecule has 1 aliphatic carbocycles. The summed E-state index contributed by atoms with van der Waals surface area (Å²) in [6, 6.07) is 6.93. The second kappa shape index (κ2) is 4.83. The van der Waals surface area contributed by atoms with Crippen LogP contribution in [0.4, 0.5) is 10.1 Å². The van der Waals surface area contributed by atoms with Gasteiger partial charge in [0, 0.05) is 25.3 Å². The number of rotatable bonds is 5. The van der Waals surface area contributed by atoms with Crippen LogP contribution in [0.15, 0.2) is 24.3 Å². The molecule has 3 heteroatoms. The summed E-state index contributed by atoms with van der Waals surface area (Å²) in [6.45, 7) is 0.934. The molecule has 1 unspecified atom stereocenters. The van der Waals surface area contributed by atoms with Crippen LogP contribution in [0.1, 0.15) is 19.3 Å². The fourth-order valence-electron chi connectivity index (χ4n) is 1.93. The SMILES string of the molecule is CN(CCC(N)C1CC1)c1ccc(F)cc1. The third-order valence-electron chi connectivity index (χ3n) is 3.29. The second-order valence-electron chi connectivity index (χ2n) is 4.69. The summed E-state index contributed by atoms with van der Waals surface area (Å²) in [4.78, 5) is 2.13. The van der Waals surface area contributed by atoms with Crippen LogP contribution in [0.25, 0.3) is 0 Å². The van der Waals surface area contributed by atoms with Crippen LogP contribution in [-0.4, -0.2) is 19.6 Å². The van der Waals surface area contributed by atoms with Gasteiger partial charge in [-0.1, -0.05) is 0 Å². The average Bonchev–Trinajstić information content (AvgIpc) is 3.10. The Morgan fingerprint density at radius 3 is 2.56 bits per heavy atom. The molecule has 0 radical (unpaired) electrons. The highest BCUT2D eigenvalue weighted by molar-refractivity contribution is 5.45. The van der Waals surface area contributed by atoms with Crippen LogP contribution in [0.3, 0.4) is 0 Å². The number of benzene rings is 1. The molecular weight excluding hydrogens is 203 g/mol. The molecule has 1 aliphatic rings. The lowest BCUT2D eigenvalue weighted by Gasteiger charge is -2.21. The van der Waals surface area contributed by atoms with Gasteiger partial charge in [0.2, 0.25) is 0 Å². The molecule has 1 saturated carbocycles. The topological polar surface area (TPSA) is 29.3 Å². The van der Waals surface area contributed by atoms with Gasteiger partial charge in [0.1, 0.15) is 5.82 Å². The largest absolute Gasteiger partial charge is 0.375 e. The van der Waals surface area contributed by atoms with Gasteiger partial charge in [-0.2, -0.15) is 0 Å². The van der Waals surface area contributed by atoms with Crippen LogP contribution >= 0.6 is 0 Å². The van der Waals surface area contributed by atoms with Crippen molar-refractivity contribution in [1.82, 2.24) is 0 Å². The molecule has 2 N–H and O–H groups in total. The summed E-state index contributed by atoms with van der Waals surface area (Å²) in [5, 5.41) is 0. The molecule has 88 valence electrons. The zero-order valence-electron chi connectivity index (χ0n) is 9.70. The number of halogens is 1. The Morgan fingerprint density at radius 2 is 2.00 bits per heavy atom. The van der Waals surface area contributed by atoms with Crippen molar-refractivity contribution in [1.29, 1.82) is 0 Å². The second-order valence-corrected chi connectivity index (χ2v) is 4.69. The van der Waals surface area contributed by atoms with Gasteiger partial charge in [-0.25, -0.2) is 4.39 Å². The highest BCUT2D eigenvalue weighted by Crippen LogP contribution is 2.32. The molecule has 1 aromatic rings. The Hall–Kier alpha value is -1.09. The van der Waals surface area contributed by atoms with Crippen LogP contribution < -0.4 is 10.6 Å². The van der Waals surface area contributed by atoms with E-state index in [1.807, 2.05) is 7.05 Å². The molecule has 16 heavy (non-hydrogen) atoms. The minimum atomic E-state index is -0.188. The molecule has 0 aliphatic heterocycles. The molecule has 1 atom stereocenters. The molecule has 0 aromatic heterocycles. The predicted molar refractivity (Wildman–Crippen MR) is 65.0 cm³/mol. The summed E-state index contributed by atoms with van der Waals surface area (Å²) in [7, 11) is 2.02. The van der Waals surface area contributed by atoms with Gasteiger partial charge in [0.25, 0.3) is 0 Å². The third kappa shape index (κ3) is 2.95. The molecule has 0 spiro atoms. The fourth-order valence-corrected chi connectivity index (χ4v) is 1.93. The molecule has 0 amide bonds. The minimum Gasteiger partial charge on any atom is -0.375 e. The Bertz CT molecular complexity index is 332. The summed E-state index contributed by atoms with van der Waals surface area (Å²) in [5.74, 6) is 0.563. The molecule has 0 saturated heterocycles. The van der Waals surface area contributed by atoms with E-state index in [4.69, 9.17) is 5.73 Å². The van der Waals surface area contributed by atoms with Crippen LogP contribution in [0.2, 0.25) is 0 Å². The van der Waals surface area contributed by atoms with E-state index in [1.54, 1.807) is 12.1 Å². The molecule has 2 nitrogen and oxygen atoms in total. The average molecular weight is 222 g/mol. The van der Waals surface area contributed by atoms with Gasteiger partial charge >= 0.3 is 0 Å². The van der Waals surface area contributed by atoms with E-state index in [-0.39, 0.29) is 5.82 Å².